The zero-order valence-corrected chi connectivity index (χ0v) is 13.5. The molecule has 1 aromatic carbocycles. The van der Waals surface area contributed by atoms with Crippen molar-refractivity contribution in [1.82, 2.24) is 9.88 Å². The molecule has 0 fully saturated rings. The maximum Gasteiger partial charge on any atom is 0.293 e. The fourth-order valence-corrected chi connectivity index (χ4v) is 2.23. The first kappa shape index (κ1) is 16.8. The highest BCUT2D eigenvalue weighted by atomic mass is 16.5. The zero-order valence-electron chi connectivity index (χ0n) is 13.5. The standard InChI is InChI=1S/C18H22N2O3/c1-3-12-23-16-10-7-11-20(18(16)22)13-17(21)19-14(2)15-8-5-4-6-9-15/h4-11,14H,3,12-13H2,1-2H3,(H,19,21). The number of aromatic nitrogens is 1. The SMILES string of the molecule is CCCOc1cccn(CC(=O)NC(C)c2ccccc2)c1=O. The first-order chi connectivity index (χ1) is 11.1. The summed E-state index contributed by atoms with van der Waals surface area (Å²) < 4.78 is 6.75. The number of rotatable bonds is 7. The van der Waals surface area contributed by atoms with Gasteiger partial charge >= 0.3 is 0 Å². The summed E-state index contributed by atoms with van der Waals surface area (Å²) in [4.78, 5) is 24.4. The van der Waals surface area contributed by atoms with Crippen molar-refractivity contribution in [3.63, 3.8) is 0 Å². The Balaban J connectivity index is 2.01. The van der Waals surface area contributed by atoms with Crippen LogP contribution in [0.3, 0.4) is 0 Å². The van der Waals surface area contributed by atoms with Crippen molar-refractivity contribution < 1.29 is 9.53 Å². The predicted molar refractivity (Wildman–Crippen MR) is 89.5 cm³/mol. The van der Waals surface area contributed by atoms with Crippen LogP contribution in [0.1, 0.15) is 31.9 Å². The van der Waals surface area contributed by atoms with Gasteiger partial charge in [0.05, 0.1) is 12.6 Å². The van der Waals surface area contributed by atoms with Crippen molar-refractivity contribution in [1.29, 1.82) is 0 Å². The molecule has 1 atom stereocenters. The molecule has 1 N–H and O–H groups in total. The molecule has 1 aromatic heterocycles. The lowest BCUT2D eigenvalue weighted by Crippen LogP contribution is -2.33. The monoisotopic (exact) mass is 314 g/mol. The molecular formula is C18H22N2O3. The molecule has 0 saturated carbocycles. The maximum atomic E-state index is 12.2. The van der Waals surface area contributed by atoms with E-state index in [-0.39, 0.29) is 29.8 Å². The molecule has 0 aliphatic heterocycles. The Labute approximate surface area is 135 Å². The minimum absolute atomic E-state index is 0.0284. The van der Waals surface area contributed by atoms with Crippen molar-refractivity contribution in [2.24, 2.45) is 0 Å². The van der Waals surface area contributed by atoms with Gasteiger partial charge in [-0.1, -0.05) is 37.3 Å². The Hall–Kier alpha value is -2.56. The van der Waals surface area contributed by atoms with Crippen LogP contribution in [0.2, 0.25) is 0 Å². The summed E-state index contributed by atoms with van der Waals surface area (Å²) in [7, 11) is 0. The van der Waals surface area contributed by atoms with E-state index in [4.69, 9.17) is 4.74 Å². The lowest BCUT2D eigenvalue weighted by Gasteiger charge is -2.15. The van der Waals surface area contributed by atoms with Crippen LogP contribution in [0.4, 0.5) is 0 Å². The van der Waals surface area contributed by atoms with Crippen molar-refractivity contribution in [3.8, 4) is 5.75 Å². The number of hydrogen-bond donors (Lipinski definition) is 1. The van der Waals surface area contributed by atoms with Gasteiger partial charge in [0.25, 0.3) is 5.56 Å². The van der Waals surface area contributed by atoms with Gasteiger partial charge in [-0.2, -0.15) is 0 Å². The normalized spacial score (nSPS) is 11.7. The third kappa shape index (κ3) is 4.71. The lowest BCUT2D eigenvalue weighted by atomic mass is 10.1. The molecule has 5 nitrogen and oxygen atoms in total. The molecule has 0 aliphatic rings. The Morgan fingerprint density at radius 3 is 2.65 bits per heavy atom. The van der Waals surface area contributed by atoms with Gasteiger partial charge in [0.15, 0.2) is 5.75 Å². The zero-order chi connectivity index (χ0) is 16.7. The summed E-state index contributed by atoms with van der Waals surface area (Å²) in [5.74, 6) is 0.0642. The Morgan fingerprint density at radius 2 is 1.96 bits per heavy atom. The van der Waals surface area contributed by atoms with Crippen LogP contribution in [-0.2, 0) is 11.3 Å². The summed E-state index contributed by atoms with van der Waals surface area (Å²) >= 11 is 0. The Morgan fingerprint density at radius 1 is 1.22 bits per heavy atom. The van der Waals surface area contributed by atoms with Gasteiger partial charge in [0, 0.05) is 6.20 Å². The van der Waals surface area contributed by atoms with Gasteiger partial charge in [0.1, 0.15) is 6.54 Å². The molecule has 122 valence electrons. The number of amides is 1. The number of nitrogens with zero attached hydrogens (tertiary/aromatic N) is 1. The van der Waals surface area contributed by atoms with Crippen molar-refractivity contribution in [2.75, 3.05) is 6.61 Å². The van der Waals surface area contributed by atoms with Gasteiger partial charge in [-0.25, -0.2) is 0 Å². The van der Waals surface area contributed by atoms with E-state index in [1.165, 1.54) is 4.57 Å². The maximum absolute atomic E-state index is 12.2. The highest BCUT2D eigenvalue weighted by molar-refractivity contribution is 5.76. The molecule has 2 rings (SSSR count). The topological polar surface area (TPSA) is 60.3 Å². The smallest absolute Gasteiger partial charge is 0.293 e. The number of carbonyl (C=O) groups excluding carboxylic acids is 1. The van der Waals surface area contributed by atoms with Gasteiger partial charge in [-0.3, -0.25) is 9.59 Å². The minimum atomic E-state index is -0.288. The van der Waals surface area contributed by atoms with E-state index in [1.807, 2.05) is 44.2 Å². The van der Waals surface area contributed by atoms with E-state index in [2.05, 4.69) is 5.32 Å². The number of hydrogen-bond acceptors (Lipinski definition) is 3. The summed E-state index contributed by atoms with van der Waals surface area (Å²) in [5.41, 5.74) is 0.733. The highest BCUT2D eigenvalue weighted by Gasteiger charge is 2.11. The average molecular weight is 314 g/mol. The second kappa shape index (κ2) is 8.17. The van der Waals surface area contributed by atoms with Crippen LogP contribution in [0.25, 0.3) is 0 Å². The fourth-order valence-electron chi connectivity index (χ4n) is 2.23. The van der Waals surface area contributed by atoms with E-state index in [1.54, 1.807) is 18.3 Å². The van der Waals surface area contributed by atoms with Crippen LogP contribution in [-0.4, -0.2) is 17.1 Å². The summed E-state index contributed by atoms with van der Waals surface area (Å²) in [5, 5.41) is 2.90. The average Bonchev–Trinajstić information content (AvgIpc) is 2.56. The van der Waals surface area contributed by atoms with Gasteiger partial charge < -0.3 is 14.6 Å². The number of pyridine rings is 1. The molecule has 5 heteroatoms. The number of carbonyl (C=O) groups is 1. The third-order valence-corrected chi connectivity index (χ3v) is 3.44. The van der Waals surface area contributed by atoms with E-state index in [0.717, 1.165) is 12.0 Å². The van der Waals surface area contributed by atoms with Crippen LogP contribution < -0.4 is 15.6 Å². The van der Waals surface area contributed by atoms with E-state index >= 15 is 0 Å². The first-order valence-electron chi connectivity index (χ1n) is 7.78. The summed E-state index contributed by atoms with van der Waals surface area (Å²) in [6.07, 6.45) is 2.41. The number of nitrogens with one attached hydrogen (secondary N) is 1. The number of benzene rings is 1. The summed E-state index contributed by atoms with van der Waals surface area (Å²) in [6, 6.07) is 12.9. The quantitative estimate of drug-likeness (QED) is 0.854. The van der Waals surface area contributed by atoms with Crippen LogP contribution in [0, 0.1) is 0 Å². The molecular weight excluding hydrogens is 292 g/mol. The predicted octanol–water partition coefficient (Wildman–Crippen LogP) is 2.51. The van der Waals surface area contributed by atoms with Crippen LogP contribution >= 0.6 is 0 Å². The molecule has 1 heterocycles. The second-order valence-electron chi connectivity index (χ2n) is 5.35. The molecule has 0 aliphatic carbocycles. The molecule has 23 heavy (non-hydrogen) atoms. The van der Waals surface area contributed by atoms with E-state index in [0.29, 0.717) is 6.61 Å². The van der Waals surface area contributed by atoms with Crippen LogP contribution in [0.15, 0.2) is 53.5 Å². The van der Waals surface area contributed by atoms with Gasteiger partial charge in [-0.15, -0.1) is 0 Å². The van der Waals surface area contributed by atoms with Crippen molar-refractivity contribution >= 4 is 5.91 Å². The van der Waals surface area contributed by atoms with Crippen molar-refractivity contribution in [3.05, 3.63) is 64.6 Å². The van der Waals surface area contributed by atoms with E-state index < -0.39 is 0 Å². The first-order valence-corrected chi connectivity index (χ1v) is 7.78. The molecule has 2 aromatic rings. The molecule has 0 radical (unpaired) electrons. The molecule has 0 saturated heterocycles. The van der Waals surface area contributed by atoms with Crippen LogP contribution in [0.5, 0.6) is 5.75 Å². The Kier molecular flexibility index (Phi) is 5.97. The Bertz CT molecular complexity index is 695. The fraction of sp³-hybridized carbons (Fsp3) is 0.333. The minimum Gasteiger partial charge on any atom is -0.488 e. The lowest BCUT2D eigenvalue weighted by molar-refractivity contribution is -0.122. The summed E-state index contributed by atoms with van der Waals surface area (Å²) in [6.45, 7) is 4.34. The van der Waals surface area contributed by atoms with Crippen molar-refractivity contribution in [2.45, 2.75) is 32.9 Å². The number of ether oxygens (including phenoxy) is 1. The highest BCUT2D eigenvalue weighted by Crippen LogP contribution is 2.11. The molecule has 0 spiro atoms. The second-order valence-corrected chi connectivity index (χ2v) is 5.35. The largest absolute Gasteiger partial charge is 0.488 e. The molecule has 1 amide bonds. The van der Waals surface area contributed by atoms with E-state index in [9.17, 15) is 9.59 Å². The third-order valence-electron chi connectivity index (χ3n) is 3.44. The van der Waals surface area contributed by atoms with Gasteiger partial charge in [0.2, 0.25) is 5.91 Å². The molecule has 0 bridgehead atoms. The van der Waals surface area contributed by atoms with Gasteiger partial charge in [-0.05, 0) is 31.0 Å². The molecule has 1 unspecified atom stereocenters.